The van der Waals surface area contributed by atoms with Crippen LogP contribution < -0.4 is 5.73 Å². The van der Waals surface area contributed by atoms with Crippen molar-refractivity contribution in [3.63, 3.8) is 0 Å². The minimum absolute atomic E-state index is 0.646. The summed E-state index contributed by atoms with van der Waals surface area (Å²) >= 11 is 5.98. The lowest BCUT2D eigenvalue weighted by molar-refractivity contribution is 1.39. The van der Waals surface area contributed by atoms with Crippen molar-refractivity contribution < 1.29 is 0 Å². The predicted molar refractivity (Wildman–Crippen MR) is 55.9 cm³/mol. The average molecular weight is 193 g/mol. The number of fused-ring (bicyclic) bond motifs is 1. The van der Waals surface area contributed by atoms with Gasteiger partial charge in [0.1, 0.15) is 0 Å². The molecule has 0 spiro atoms. The Kier molecular flexibility index (Phi) is 1.85. The minimum Gasteiger partial charge on any atom is -0.398 e. The highest BCUT2D eigenvalue weighted by Crippen LogP contribution is 2.28. The fourth-order valence-electron chi connectivity index (χ4n) is 1.43. The number of nitrogen functional groups attached to an aromatic ring is 1. The number of anilines is 1. The van der Waals surface area contributed by atoms with E-state index in [0.717, 1.165) is 22.2 Å². The lowest BCUT2D eigenvalue weighted by atomic mass is 10.1. The SMILES string of the molecule is Cc1ccc(Cl)c2nccc(N)c12. The zero-order valence-electron chi connectivity index (χ0n) is 7.21. The van der Waals surface area contributed by atoms with Crippen molar-refractivity contribution in [3.8, 4) is 0 Å². The molecule has 1 aromatic carbocycles. The summed E-state index contributed by atoms with van der Waals surface area (Å²) in [6.45, 7) is 2.00. The van der Waals surface area contributed by atoms with Gasteiger partial charge in [-0.1, -0.05) is 17.7 Å². The molecule has 13 heavy (non-hydrogen) atoms. The van der Waals surface area contributed by atoms with E-state index in [1.807, 2.05) is 19.1 Å². The zero-order valence-corrected chi connectivity index (χ0v) is 7.97. The molecule has 0 saturated heterocycles. The van der Waals surface area contributed by atoms with Gasteiger partial charge in [-0.15, -0.1) is 0 Å². The number of hydrogen-bond acceptors (Lipinski definition) is 2. The van der Waals surface area contributed by atoms with E-state index in [9.17, 15) is 0 Å². The van der Waals surface area contributed by atoms with Crippen LogP contribution in [-0.2, 0) is 0 Å². The molecule has 2 N–H and O–H groups in total. The molecule has 0 radical (unpaired) electrons. The molecule has 2 nitrogen and oxygen atoms in total. The van der Waals surface area contributed by atoms with Crippen LogP contribution in [0.5, 0.6) is 0 Å². The molecule has 0 bridgehead atoms. The van der Waals surface area contributed by atoms with E-state index in [2.05, 4.69) is 4.98 Å². The number of aryl methyl sites for hydroxylation is 1. The molecule has 0 amide bonds. The van der Waals surface area contributed by atoms with Crippen LogP contribution in [0.2, 0.25) is 5.02 Å². The number of nitrogens with zero attached hydrogens (tertiary/aromatic N) is 1. The molecule has 0 fully saturated rings. The Balaban J connectivity index is 3.00. The van der Waals surface area contributed by atoms with Crippen LogP contribution in [-0.4, -0.2) is 4.98 Å². The summed E-state index contributed by atoms with van der Waals surface area (Å²) < 4.78 is 0. The van der Waals surface area contributed by atoms with Gasteiger partial charge in [0.15, 0.2) is 0 Å². The van der Waals surface area contributed by atoms with Crippen LogP contribution in [0.4, 0.5) is 5.69 Å². The van der Waals surface area contributed by atoms with Gasteiger partial charge < -0.3 is 5.73 Å². The summed E-state index contributed by atoms with van der Waals surface area (Å²) in [5, 5.41) is 1.60. The van der Waals surface area contributed by atoms with Crippen molar-refractivity contribution in [2.75, 3.05) is 5.73 Å². The largest absolute Gasteiger partial charge is 0.398 e. The van der Waals surface area contributed by atoms with Crippen molar-refractivity contribution in [1.29, 1.82) is 0 Å². The van der Waals surface area contributed by atoms with Gasteiger partial charge in [0.05, 0.1) is 10.5 Å². The number of nitrogens with two attached hydrogens (primary N) is 1. The van der Waals surface area contributed by atoms with E-state index < -0.39 is 0 Å². The monoisotopic (exact) mass is 192 g/mol. The molecule has 2 rings (SSSR count). The summed E-state index contributed by atoms with van der Waals surface area (Å²) in [6, 6.07) is 5.57. The van der Waals surface area contributed by atoms with Crippen LogP contribution in [0.3, 0.4) is 0 Å². The summed E-state index contributed by atoms with van der Waals surface area (Å²) in [6.07, 6.45) is 1.67. The number of halogens is 1. The maximum absolute atomic E-state index is 5.98. The molecule has 2 aromatic rings. The molecular formula is C10H9ClN2. The Hall–Kier alpha value is -1.28. The van der Waals surface area contributed by atoms with Gasteiger partial charge in [-0.25, -0.2) is 0 Å². The molecule has 0 unspecified atom stereocenters. The third-order valence-corrected chi connectivity index (χ3v) is 2.39. The van der Waals surface area contributed by atoms with Crippen molar-refractivity contribution in [1.82, 2.24) is 4.98 Å². The van der Waals surface area contributed by atoms with Crippen molar-refractivity contribution >= 4 is 28.2 Å². The fraction of sp³-hybridized carbons (Fsp3) is 0.100. The number of pyridine rings is 1. The summed E-state index contributed by atoms with van der Waals surface area (Å²) in [5.74, 6) is 0. The minimum atomic E-state index is 0.646. The van der Waals surface area contributed by atoms with E-state index in [0.29, 0.717) is 5.02 Å². The van der Waals surface area contributed by atoms with Gasteiger partial charge in [0.2, 0.25) is 0 Å². The quantitative estimate of drug-likeness (QED) is 0.697. The van der Waals surface area contributed by atoms with Crippen molar-refractivity contribution in [2.45, 2.75) is 6.92 Å². The normalized spacial score (nSPS) is 10.6. The van der Waals surface area contributed by atoms with E-state index in [-0.39, 0.29) is 0 Å². The molecule has 3 heteroatoms. The van der Waals surface area contributed by atoms with Crippen LogP contribution in [0.15, 0.2) is 24.4 Å². The molecule has 1 aromatic heterocycles. The van der Waals surface area contributed by atoms with Gasteiger partial charge in [0.25, 0.3) is 0 Å². The highest BCUT2D eigenvalue weighted by molar-refractivity contribution is 6.35. The molecule has 0 saturated carbocycles. The summed E-state index contributed by atoms with van der Waals surface area (Å²) in [7, 11) is 0. The second-order valence-corrected chi connectivity index (χ2v) is 3.40. The van der Waals surface area contributed by atoms with Crippen molar-refractivity contribution in [3.05, 3.63) is 35.0 Å². The second kappa shape index (κ2) is 2.89. The molecule has 0 atom stereocenters. The Morgan fingerprint density at radius 2 is 2.08 bits per heavy atom. The molecule has 0 aliphatic carbocycles. The Labute approximate surface area is 81.3 Å². The van der Waals surface area contributed by atoms with Gasteiger partial charge in [-0.2, -0.15) is 0 Å². The van der Waals surface area contributed by atoms with E-state index in [4.69, 9.17) is 17.3 Å². The van der Waals surface area contributed by atoms with Gasteiger partial charge >= 0.3 is 0 Å². The Morgan fingerprint density at radius 1 is 1.31 bits per heavy atom. The van der Waals surface area contributed by atoms with Crippen LogP contribution in [0.25, 0.3) is 10.9 Å². The van der Waals surface area contributed by atoms with Gasteiger partial charge in [-0.05, 0) is 24.6 Å². The van der Waals surface area contributed by atoms with Crippen LogP contribution in [0.1, 0.15) is 5.56 Å². The maximum atomic E-state index is 5.98. The van der Waals surface area contributed by atoms with Gasteiger partial charge in [0, 0.05) is 17.3 Å². The lowest BCUT2D eigenvalue weighted by Crippen LogP contribution is -1.91. The van der Waals surface area contributed by atoms with Crippen molar-refractivity contribution in [2.24, 2.45) is 0 Å². The fourth-order valence-corrected chi connectivity index (χ4v) is 1.64. The maximum Gasteiger partial charge on any atom is 0.0911 e. The first kappa shape index (κ1) is 8.32. The summed E-state index contributed by atoms with van der Waals surface area (Å²) in [5.41, 5.74) is 8.44. The average Bonchev–Trinajstić information content (AvgIpc) is 2.12. The standard InChI is InChI=1S/C10H9ClN2/c1-6-2-3-7(11)10-9(6)8(12)4-5-13-10/h2-5H,1H3,(H2,12,13). The number of hydrogen-bond donors (Lipinski definition) is 1. The Bertz CT molecular complexity index is 457. The molecule has 0 aliphatic heterocycles. The third kappa shape index (κ3) is 1.23. The first-order valence-corrected chi connectivity index (χ1v) is 4.37. The molecule has 0 aliphatic rings. The highest BCUT2D eigenvalue weighted by Gasteiger charge is 2.04. The first-order valence-electron chi connectivity index (χ1n) is 3.99. The number of benzene rings is 1. The van der Waals surface area contributed by atoms with E-state index in [1.54, 1.807) is 12.3 Å². The Morgan fingerprint density at radius 3 is 2.77 bits per heavy atom. The molecule has 66 valence electrons. The molecular weight excluding hydrogens is 184 g/mol. The topological polar surface area (TPSA) is 38.9 Å². The third-order valence-electron chi connectivity index (χ3n) is 2.08. The number of rotatable bonds is 0. The van der Waals surface area contributed by atoms with Gasteiger partial charge in [-0.3, -0.25) is 4.98 Å². The highest BCUT2D eigenvalue weighted by atomic mass is 35.5. The van der Waals surface area contributed by atoms with Crippen LogP contribution >= 0.6 is 11.6 Å². The lowest BCUT2D eigenvalue weighted by Gasteiger charge is -2.05. The first-order chi connectivity index (χ1) is 6.20. The predicted octanol–water partition coefficient (Wildman–Crippen LogP) is 2.78. The zero-order chi connectivity index (χ0) is 9.42. The smallest absolute Gasteiger partial charge is 0.0911 e. The van der Waals surface area contributed by atoms with E-state index >= 15 is 0 Å². The van der Waals surface area contributed by atoms with E-state index in [1.165, 1.54) is 0 Å². The number of aromatic nitrogens is 1. The van der Waals surface area contributed by atoms with Crippen LogP contribution in [0, 0.1) is 6.92 Å². The summed E-state index contributed by atoms with van der Waals surface area (Å²) in [4.78, 5) is 4.19. The second-order valence-electron chi connectivity index (χ2n) is 2.99. The molecule has 1 heterocycles.